The number of methoxy groups -OCH3 is 1. The van der Waals surface area contributed by atoms with Crippen molar-refractivity contribution in [1.82, 2.24) is 5.32 Å². The summed E-state index contributed by atoms with van der Waals surface area (Å²) in [5.74, 6) is 3.27. The number of hydrogen-bond acceptors (Lipinski definition) is 4. The van der Waals surface area contributed by atoms with E-state index in [1.54, 1.807) is 24.3 Å². The van der Waals surface area contributed by atoms with E-state index in [2.05, 4.69) is 22.1 Å². The lowest BCUT2D eigenvalue weighted by Gasteiger charge is -2.17. The summed E-state index contributed by atoms with van der Waals surface area (Å²) in [4.78, 5) is 12.7. The van der Waals surface area contributed by atoms with Crippen LogP contribution in [0.3, 0.4) is 0 Å². The van der Waals surface area contributed by atoms with Gasteiger partial charge in [-0.2, -0.15) is 0 Å². The highest BCUT2D eigenvalue weighted by Gasteiger charge is 2.20. The number of carbonyl (C=O) groups is 1. The van der Waals surface area contributed by atoms with E-state index in [9.17, 15) is 4.79 Å². The second-order valence-electron chi connectivity index (χ2n) is 6.29. The summed E-state index contributed by atoms with van der Waals surface area (Å²) in [6, 6.07) is 14.8. The highest BCUT2D eigenvalue weighted by Crippen LogP contribution is 2.20. The molecule has 1 N–H and O–H groups in total. The molecule has 0 saturated carbocycles. The number of halogens is 1. The highest BCUT2D eigenvalue weighted by atomic mass is 35.5. The van der Waals surface area contributed by atoms with Gasteiger partial charge in [-0.05, 0) is 54.7 Å². The molecule has 0 bridgehead atoms. The second kappa shape index (κ2) is 13.3. The number of rotatable bonds is 10. The Labute approximate surface area is 183 Å². The van der Waals surface area contributed by atoms with Crippen molar-refractivity contribution in [2.75, 3.05) is 26.9 Å². The smallest absolute Gasteiger partial charge is 0.253 e. The number of amides is 1. The first-order valence-corrected chi connectivity index (χ1v) is 10.0. The number of benzene rings is 2. The number of carbonyl (C=O) groups excluding carboxylic acids is 1. The minimum absolute atomic E-state index is 0.182. The number of hydrogen-bond donors (Lipinski definition) is 1. The van der Waals surface area contributed by atoms with Crippen molar-refractivity contribution >= 4 is 17.5 Å². The molecule has 5 nitrogen and oxygen atoms in total. The predicted molar refractivity (Wildman–Crippen MR) is 118 cm³/mol. The molecule has 0 aliphatic rings. The van der Waals surface area contributed by atoms with Gasteiger partial charge in [-0.3, -0.25) is 4.79 Å². The van der Waals surface area contributed by atoms with Gasteiger partial charge in [-0.1, -0.05) is 48.0 Å². The molecular weight excluding hydrogens is 402 g/mol. The molecule has 2 rings (SSSR count). The van der Waals surface area contributed by atoms with Gasteiger partial charge < -0.3 is 19.5 Å². The van der Waals surface area contributed by atoms with Crippen LogP contribution < -0.4 is 10.1 Å². The minimum atomic E-state index is -0.692. The van der Waals surface area contributed by atoms with E-state index < -0.39 is 6.10 Å². The average Bonchev–Trinajstić information content (AvgIpc) is 2.76. The number of nitrogens with one attached hydrogen (secondary N) is 1. The Bertz CT molecular complexity index is 867. The van der Waals surface area contributed by atoms with Gasteiger partial charge in [0.25, 0.3) is 5.91 Å². The van der Waals surface area contributed by atoms with Crippen molar-refractivity contribution in [2.45, 2.75) is 19.4 Å². The minimum Gasteiger partial charge on any atom is -0.481 e. The van der Waals surface area contributed by atoms with Crippen molar-refractivity contribution in [3.8, 4) is 17.8 Å². The maximum atomic E-state index is 12.7. The SMILES string of the molecule is CC=CCOC(C(=O)NCCc1ccc(OCC#COC)cc1)c1ccc(Cl)cc1. The van der Waals surface area contributed by atoms with E-state index in [-0.39, 0.29) is 12.5 Å². The summed E-state index contributed by atoms with van der Waals surface area (Å²) in [5.41, 5.74) is 1.85. The second-order valence-corrected chi connectivity index (χ2v) is 6.73. The molecule has 1 unspecified atom stereocenters. The number of allylic oxidation sites excluding steroid dienone is 1. The molecule has 0 heterocycles. The molecule has 0 aliphatic heterocycles. The fraction of sp³-hybridized carbons (Fsp3) is 0.292. The largest absolute Gasteiger partial charge is 0.481 e. The maximum absolute atomic E-state index is 12.7. The molecule has 0 aliphatic carbocycles. The van der Waals surface area contributed by atoms with Crippen molar-refractivity contribution in [3.63, 3.8) is 0 Å². The third-order valence-electron chi connectivity index (χ3n) is 4.13. The average molecular weight is 428 g/mol. The van der Waals surface area contributed by atoms with E-state index in [0.29, 0.717) is 24.6 Å². The van der Waals surface area contributed by atoms with Gasteiger partial charge >= 0.3 is 0 Å². The summed E-state index contributed by atoms with van der Waals surface area (Å²) in [6.45, 7) is 3.02. The molecule has 2 aromatic rings. The van der Waals surface area contributed by atoms with Crippen LogP contribution in [0.1, 0.15) is 24.2 Å². The molecule has 6 heteroatoms. The van der Waals surface area contributed by atoms with E-state index >= 15 is 0 Å². The van der Waals surface area contributed by atoms with E-state index in [4.69, 9.17) is 21.1 Å². The zero-order chi connectivity index (χ0) is 21.6. The van der Waals surface area contributed by atoms with Crippen molar-refractivity contribution in [2.24, 2.45) is 0 Å². The Kier molecular flexibility index (Phi) is 10.4. The monoisotopic (exact) mass is 427 g/mol. The van der Waals surface area contributed by atoms with Crippen LogP contribution in [-0.4, -0.2) is 32.8 Å². The quantitative estimate of drug-likeness (QED) is 0.453. The van der Waals surface area contributed by atoms with Gasteiger partial charge in [0.05, 0.1) is 13.7 Å². The van der Waals surface area contributed by atoms with Crippen molar-refractivity contribution in [3.05, 3.63) is 76.8 Å². The first kappa shape index (κ1) is 23.3. The fourth-order valence-electron chi connectivity index (χ4n) is 2.60. The fourth-order valence-corrected chi connectivity index (χ4v) is 2.73. The molecule has 0 fully saturated rings. The summed E-state index contributed by atoms with van der Waals surface area (Å²) < 4.78 is 15.9. The molecule has 2 aromatic carbocycles. The zero-order valence-corrected chi connectivity index (χ0v) is 17.9. The van der Waals surface area contributed by atoms with Crippen LogP contribution >= 0.6 is 11.6 Å². The third-order valence-corrected chi connectivity index (χ3v) is 4.38. The Morgan fingerprint density at radius 2 is 1.90 bits per heavy atom. The van der Waals surface area contributed by atoms with Gasteiger partial charge in [-0.25, -0.2) is 0 Å². The molecular formula is C24H26ClNO4. The van der Waals surface area contributed by atoms with Crippen LogP contribution in [0.25, 0.3) is 0 Å². The van der Waals surface area contributed by atoms with Crippen molar-refractivity contribution in [1.29, 1.82) is 0 Å². The highest BCUT2D eigenvalue weighted by molar-refractivity contribution is 6.30. The lowest BCUT2D eigenvalue weighted by Crippen LogP contribution is -2.32. The predicted octanol–water partition coefficient (Wildman–Crippen LogP) is 4.32. The van der Waals surface area contributed by atoms with Crippen molar-refractivity contribution < 1.29 is 19.0 Å². The van der Waals surface area contributed by atoms with E-state index in [1.165, 1.54) is 7.11 Å². The van der Waals surface area contributed by atoms with Crippen LogP contribution in [-0.2, 0) is 20.7 Å². The van der Waals surface area contributed by atoms with Crippen LogP contribution in [0.15, 0.2) is 60.7 Å². The Balaban J connectivity index is 1.87. The zero-order valence-electron chi connectivity index (χ0n) is 17.2. The molecule has 0 saturated heterocycles. The first-order chi connectivity index (χ1) is 14.6. The maximum Gasteiger partial charge on any atom is 0.253 e. The lowest BCUT2D eigenvalue weighted by atomic mass is 10.1. The van der Waals surface area contributed by atoms with E-state index in [0.717, 1.165) is 16.9 Å². The van der Waals surface area contributed by atoms with Crippen LogP contribution in [0.5, 0.6) is 5.75 Å². The Morgan fingerprint density at radius 1 is 1.17 bits per heavy atom. The first-order valence-electron chi connectivity index (χ1n) is 9.62. The van der Waals surface area contributed by atoms with Gasteiger partial charge in [0.1, 0.15) is 11.9 Å². The molecule has 1 atom stereocenters. The Hall–Kier alpha value is -2.94. The van der Waals surface area contributed by atoms with Crippen LogP contribution in [0.4, 0.5) is 0 Å². The molecule has 30 heavy (non-hydrogen) atoms. The normalized spacial score (nSPS) is 11.4. The molecule has 0 radical (unpaired) electrons. The third kappa shape index (κ3) is 8.20. The topological polar surface area (TPSA) is 56.8 Å². The number of ether oxygens (including phenoxy) is 3. The molecule has 0 spiro atoms. The summed E-state index contributed by atoms with van der Waals surface area (Å²) >= 11 is 5.95. The van der Waals surface area contributed by atoms with E-state index in [1.807, 2.05) is 43.3 Å². The molecule has 0 aromatic heterocycles. The summed E-state index contributed by atoms with van der Waals surface area (Å²) in [5, 5.41) is 3.57. The van der Waals surface area contributed by atoms with Crippen LogP contribution in [0, 0.1) is 12.0 Å². The van der Waals surface area contributed by atoms with Crippen LogP contribution in [0.2, 0.25) is 5.02 Å². The van der Waals surface area contributed by atoms with Gasteiger partial charge in [-0.15, -0.1) is 0 Å². The standard InChI is InChI=1S/C24H26ClNO4/c1-3-4-17-30-23(20-8-10-21(25)11-9-20)24(27)26-15-14-19-6-12-22(13-7-19)29-18-5-16-28-2/h3-4,6-13,23H,14-15,17-18H2,1-2H3,(H,26,27). The van der Waals surface area contributed by atoms with Gasteiger partial charge in [0.2, 0.25) is 0 Å². The summed E-state index contributed by atoms with van der Waals surface area (Å²) in [7, 11) is 1.51. The molecule has 1 amide bonds. The summed E-state index contributed by atoms with van der Waals surface area (Å²) in [6.07, 6.45) is 6.22. The Morgan fingerprint density at radius 3 is 2.57 bits per heavy atom. The lowest BCUT2D eigenvalue weighted by molar-refractivity contribution is -0.132. The molecule has 158 valence electrons. The van der Waals surface area contributed by atoms with Gasteiger partial charge in [0, 0.05) is 11.6 Å². The van der Waals surface area contributed by atoms with Gasteiger partial charge in [0.15, 0.2) is 12.7 Å².